The van der Waals surface area contributed by atoms with Crippen LogP contribution in [0.4, 0.5) is 0 Å². The maximum absolute atomic E-state index is 10.2. The summed E-state index contributed by atoms with van der Waals surface area (Å²) < 4.78 is 4.67. The molecule has 3 nitrogen and oxygen atoms in total. The summed E-state index contributed by atoms with van der Waals surface area (Å²) in [5, 5.41) is 8.42. The number of ether oxygens (including phenoxy) is 1. The van der Waals surface area contributed by atoms with Crippen LogP contribution in [0, 0.1) is 5.92 Å². The van der Waals surface area contributed by atoms with Gasteiger partial charge in [0.1, 0.15) is 0 Å². The Morgan fingerprint density at radius 2 is 2.00 bits per heavy atom. The molecule has 1 N–H and O–H groups in total. The van der Waals surface area contributed by atoms with Crippen LogP contribution < -0.4 is 0 Å². The average Bonchev–Trinajstić information content (AvgIpc) is 1.64. The highest BCUT2D eigenvalue weighted by Crippen LogP contribution is 2.04. The monoisotopic (exact) mass is 132 g/mol. The van der Waals surface area contributed by atoms with Crippen LogP contribution in [0.2, 0.25) is 0 Å². The van der Waals surface area contributed by atoms with Crippen molar-refractivity contribution in [2.75, 3.05) is 7.11 Å². The minimum atomic E-state index is -0.896. The zero-order valence-corrected chi connectivity index (χ0v) is 5.92. The molecule has 0 bridgehead atoms. The van der Waals surface area contributed by atoms with Crippen LogP contribution in [0.15, 0.2) is 0 Å². The molecule has 0 aromatic heterocycles. The molecule has 3 heteroatoms. The molecule has 0 rings (SSSR count). The van der Waals surface area contributed by atoms with Crippen LogP contribution in [0.1, 0.15) is 13.8 Å². The topological polar surface area (TPSA) is 46.5 Å². The van der Waals surface area contributed by atoms with E-state index < -0.39 is 12.1 Å². The van der Waals surface area contributed by atoms with Crippen molar-refractivity contribution in [3.8, 4) is 0 Å². The van der Waals surface area contributed by atoms with Gasteiger partial charge in [0.05, 0.1) is 0 Å². The third kappa shape index (κ3) is 2.46. The van der Waals surface area contributed by atoms with Crippen molar-refractivity contribution in [3.63, 3.8) is 0 Å². The molecule has 54 valence electrons. The summed E-state index contributed by atoms with van der Waals surface area (Å²) in [6.45, 7) is 3.62. The van der Waals surface area contributed by atoms with Gasteiger partial charge >= 0.3 is 5.97 Å². The number of hydrogen-bond acceptors (Lipinski definition) is 2. The van der Waals surface area contributed by atoms with Crippen molar-refractivity contribution in [2.24, 2.45) is 5.92 Å². The van der Waals surface area contributed by atoms with Crippen LogP contribution in [-0.4, -0.2) is 24.3 Å². The van der Waals surface area contributed by atoms with Gasteiger partial charge in [-0.2, -0.15) is 0 Å². The van der Waals surface area contributed by atoms with E-state index in [0.717, 1.165) is 0 Å². The number of carboxylic acid groups (broad SMARTS) is 1. The van der Waals surface area contributed by atoms with Crippen LogP contribution in [-0.2, 0) is 9.53 Å². The van der Waals surface area contributed by atoms with Gasteiger partial charge in [-0.25, -0.2) is 4.79 Å². The molecule has 0 aliphatic rings. The maximum Gasteiger partial charge on any atom is 0.333 e. The fraction of sp³-hybridized carbons (Fsp3) is 0.833. The smallest absolute Gasteiger partial charge is 0.333 e. The molecule has 0 heterocycles. The van der Waals surface area contributed by atoms with E-state index in [1.54, 1.807) is 0 Å². The largest absolute Gasteiger partial charge is 0.479 e. The fourth-order valence-electron chi connectivity index (χ4n) is 0.658. The van der Waals surface area contributed by atoms with Crippen LogP contribution in [0.5, 0.6) is 0 Å². The first-order chi connectivity index (χ1) is 4.09. The second-order valence-corrected chi connectivity index (χ2v) is 2.24. The summed E-state index contributed by atoms with van der Waals surface area (Å²) in [6, 6.07) is 0. The molecule has 0 aromatic carbocycles. The number of carbonyl (C=O) groups is 1. The van der Waals surface area contributed by atoms with Gasteiger partial charge in [-0.3, -0.25) is 0 Å². The van der Waals surface area contributed by atoms with Crippen LogP contribution >= 0.6 is 0 Å². The predicted molar refractivity (Wildman–Crippen MR) is 33.3 cm³/mol. The summed E-state index contributed by atoms with van der Waals surface area (Å²) in [6.07, 6.45) is -0.662. The van der Waals surface area contributed by atoms with Crippen molar-refractivity contribution in [1.29, 1.82) is 0 Å². The summed E-state index contributed by atoms with van der Waals surface area (Å²) in [7, 11) is 1.40. The second kappa shape index (κ2) is 3.45. The summed E-state index contributed by atoms with van der Waals surface area (Å²) >= 11 is 0. The van der Waals surface area contributed by atoms with Gasteiger partial charge in [-0.15, -0.1) is 0 Å². The quantitative estimate of drug-likeness (QED) is 0.616. The van der Waals surface area contributed by atoms with Crippen molar-refractivity contribution < 1.29 is 14.6 Å². The number of aliphatic carboxylic acids is 1. The Labute approximate surface area is 54.6 Å². The Bertz CT molecular complexity index is 98.5. The predicted octanol–water partition coefficient (Wildman–Crippen LogP) is 0.742. The molecule has 0 saturated heterocycles. The third-order valence-corrected chi connectivity index (χ3v) is 1.10. The second-order valence-electron chi connectivity index (χ2n) is 2.24. The molecule has 1 atom stereocenters. The average molecular weight is 132 g/mol. The molecule has 0 spiro atoms. The molecular formula is C6H12O3. The van der Waals surface area contributed by atoms with Crippen molar-refractivity contribution in [2.45, 2.75) is 20.0 Å². The SMILES string of the molecule is COC(C(=O)O)C(C)C. The number of hydrogen-bond donors (Lipinski definition) is 1. The van der Waals surface area contributed by atoms with Crippen molar-refractivity contribution in [3.05, 3.63) is 0 Å². The number of rotatable bonds is 3. The first kappa shape index (κ1) is 8.43. The van der Waals surface area contributed by atoms with E-state index in [4.69, 9.17) is 5.11 Å². The molecule has 0 saturated carbocycles. The van der Waals surface area contributed by atoms with E-state index in [9.17, 15) is 4.79 Å². The standard InChI is InChI=1S/C6H12O3/c1-4(2)5(9-3)6(7)8/h4-5H,1-3H3,(H,7,8). The molecule has 0 radical (unpaired) electrons. The van der Waals surface area contributed by atoms with E-state index in [0.29, 0.717) is 0 Å². The Morgan fingerprint density at radius 1 is 1.56 bits per heavy atom. The van der Waals surface area contributed by atoms with E-state index >= 15 is 0 Å². The van der Waals surface area contributed by atoms with Gasteiger partial charge in [-0.05, 0) is 5.92 Å². The summed E-state index contributed by atoms with van der Waals surface area (Å²) in [4.78, 5) is 10.2. The van der Waals surface area contributed by atoms with Gasteiger partial charge in [0.15, 0.2) is 6.10 Å². The Kier molecular flexibility index (Phi) is 3.24. The van der Waals surface area contributed by atoms with E-state index in [2.05, 4.69) is 4.74 Å². The first-order valence-electron chi connectivity index (χ1n) is 2.85. The lowest BCUT2D eigenvalue weighted by Crippen LogP contribution is -2.27. The lowest BCUT2D eigenvalue weighted by atomic mass is 10.1. The van der Waals surface area contributed by atoms with Crippen molar-refractivity contribution in [1.82, 2.24) is 0 Å². The minimum Gasteiger partial charge on any atom is -0.479 e. The lowest BCUT2D eigenvalue weighted by molar-refractivity contribution is -0.151. The summed E-state index contributed by atoms with van der Waals surface area (Å²) in [5.41, 5.74) is 0. The van der Waals surface area contributed by atoms with Gasteiger partial charge in [0, 0.05) is 7.11 Å². The highest BCUT2D eigenvalue weighted by atomic mass is 16.5. The highest BCUT2D eigenvalue weighted by molar-refractivity contribution is 5.72. The van der Waals surface area contributed by atoms with Gasteiger partial charge in [-0.1, -0.05) is 13.8 Å². The fourth-order valence-corrected chi connectivity index (χ4v) is 0.658. The molecule has 1 unspecified atom stereocenters. The van der Waals surface area contributed by atoms with E-state index in [1.807, 2.05) is 13.8 Å². The zero-order valence-electron chi connectivity index (χ0n) is 5.92. The lowest BCUT2D eigenvalue weighted by Gasteiger charge is -2.12. The van der Waals surface area contributed by atoms with Crippen LogP contribution in [0.25, 0.3) is 0 Å². The summed E-state index contributed by atoms with van der Waals surface area (Å²) in [5.74, 6) is -0.861. The van der Waals surface area contributed by atoms with E-state index in [1.165, 1.54) is 7.11 Å². The van der Waals surface area contributed by atoms with Gasteiger partial charge in [0.25, 0.3) is 0 Å². The van der Waals surface area contributed by atoms with Gasteiger partial charge in [0.2, 0.25) is 0 Å². The molecule has 0 amide bonds. The first-order valence-corrected chi connectivity index (χ1v) is 2.85. The number of methoxy groups -OCH3 is 1. The molecule has 0 aliphatic carbocycles. The van der Waals surface area contributed by atoms with Crippen LogP contribution in [0.3, 0.4) is 0 Å². The van der Waals surface area contributed by atoms with E-state index in [-0.39, 0.29) is 5.92 Å². The normalized spacial score (nSPS) is 13.8. The van der Waals surface area contributed by atoms with Gasteiger partial charge < -0.3 is 9.84 Å². The Morgan fingerprint density at radius 3 is 2.00 bits per heavy atom. The Hall–Kier alpha value is -0.570. The highest BCUT2D eigenvalue weighted by Gasteiger charge is 2.19. The molecule has 0 fully saturated rings. The molecule has 9 heavy (non-hydrogen) atoms. The molecular weight excluding hydrogens is 120 g/mol. The van der Waals surface area contributed by atoms with Crippen molar-refractivity contribution >= 4 is 5.97 Å². The molecule has 0 aromatic rings. The minimum absolute atomic E-state index is 0.0347. The maximum atomic E-state index is 10.2. The zero-order chi connectivity index (χ0) is 7.44. The molecule has 0 aliphatic heterocycles. The number of carboxylic acids is 1. The third-order valence-electron chi connectivity index (χ3n) is 1.10. The Balaban J connectivity index is 3.83.